The van der Waals surface area contributed by atoms with E-state index in [0.717, 1.165) is 16.7 Å². The molecule has 15 heavy (non-hydrogen) atoms. The summed E-state index contributed by atoms with van der Waals surface area (Å²) in [6, 6.07) is 9.15. The Hall–Kier alpha value is -1.54. The topological polar surface area (TPSA) is 32.9 Å². The summed E-state index contributed by atoms with van der Waals surface area (Å²) in [7, 11) is 0. The van der Waals surface area contributed by atoms with Crippen molar-refractivity contribution in [2.24, 2.45) is 0 Å². The van der Waals surface area contributed by atoms with Crippen LogP contribution < -0.4 is 5.56 Å². The van der Waals surface area contributed by atoms with Gasteiger partial charge in [-0.05, 0) is 30.2 Å². The van der Waals surface area contributed by atoms with E-state index in [2.05, 4.69) is 4.98 Å². The molecular formula is C12H10ClNO. The van der Waals surface area contributed by atoms with Crippen LogP contribution in [0.1, 0.15) is 5.56 Å². The highest BCUT2D eigenvalue weighted by atomic mass is 35.5. The van der Waals surface area contributed by atoms with Gasteiger partial charge < -0.3 is 4.98 Å². The molecule has 2 aromatic rings. The number of aromatic nitrogens is 1. The zero-order valence-corrected chi connectivity index (χ0v) is 9.01. The van der Waals surface area contributed by atoms with Crippen LogP contribution in [0.5, 0.6) is 0 Å². The number of benzene rings is 1. The Morgan fingerprint density at radius 1 is 1.20 bits per heavy atom. The van der Waals surface area contributed by atoms with Crippen LogP contribution in [0, 0.1) is 6.92 Å². The lowest BCUT2D eigenvalue weighted by atomic mass is 10.1. The number of hydrogen-bond acceptors (Lipinski definition) is 1. The summed E-state index contributed by atoms with van der Waals surface area (Å²) < 4.78 is 0. The fourth-order valence-corrected chi connectivity index (χ4v) is 1.81. The van der Waals surface area contributed by atoms with Gasteiger partial charge in [0, 0.05) is 22.8 Å². The SMILES string of the molecule is Cc1ccc(-c2cc[nH]c(=O)c2)c(Cl)c1. The lowest BCUT2D eigenvalue weighted by Gasteiger charge is -2.04. The number of pyridine rings is 1. The molecule has 0 aliphatic heterocycles. The van der Waals surface area contributed by atoms with E-state index in [0.29, 0.717) is 5.02 Å². The van der Waals surface area contributed by atoms with Gasteiger partial charge in [-0.1, -0.05) is 23.7 Å². The number of rotatable bonds is 1. The standard InChI is InChI=1S/C12H10ClNO/c1-8-2-3-10(11(13)6-8)9-4-5-14-12(15)7-9/h2-7H,1H3,(H,14,15). The van der Waals surface area contributed by atoms with Crippen molar-refractivity contribution in [3.05, 3.63) is 57.5 Å². The van der Waals surface area contributed by atoms with E-state index in [1.807, 2.05) is 31.2 Å². The predicted octanol–water partition coefficient (Wildman–Crippen LogP) is 3.00. The molecule has 3 heteroatoms. The molecule has 0 bridgehead atoms. The summed E-state index contributed by atoms with van der Waals surface area (Å²) in [5.74, 6) is 0. The van der Waals surface area contributed by atoms with Gasteiger partial charge in [0.1, 0.15) is 0 Å². The summed E-state index contributed by atoms with van der Waals surface area (Å²) in [5, 5.41) is 0.667. The van der Waals surface area contributed by atoms with Crippen LogP contribution in [-0.4, -0.2) is 4.98 Å². The minimum atomic E-state index is -0.121. The van der Waals surface area contributed by atoms with Crippen molar-refractivity contribution >= 4 is 11.6 Å². The smallest absolute Gasteiger partial charge is 0.248 e. The van der Waals surface area contributed by atoms with E-state index in [9.17, 15) is 4.79 Å². The normalized spacial score (nSPS) is 10.3. The summed E-state index contributed by atoms with van der Waals surface area (Å²) in [5.41, 5.74) is 2.70. The summed E-state index contributed by atoms with van der Waals surface area (Å²) in [4.78, 5) is 13.7. The first kappa shape index (κ1) is 9.99. The Morgan fingerprint density at radius 2 is 2.00 bits per heavy atom. The van der Waals surface area contributed by atoms with Gasteiger partial charge in [-0.25, -0.2) is 0 Å². The third-order valence-corrected chi connectivity index (χ3v) is 2.52. The predicted molar refractivity (Wildman–Crippen MR) is 62.2 cm³/mol. The Kier molecular flexibility index (Phi) is 2.60. The van der Waals surface area contributed by atoms with E-state index >= 15 is 0 Å². The fourth-order valence-electron chi connectivity index (χ4n) is 1.47. The second-order valence-corrected chi connectivity index (χ2v) is 3.83. The molecule has 2 nitrogen and oxygen atoms in total. The van der Waals surface area contributed by atoms with E-state index in [4.69, 9.17) is 11.6 Å². The maximum Gasteiger partial charge on any atom is 0.248 e. The van der Waals surface area contributed by atoms with Crippen LogP contribution in [0.15, 0.2) is 41.3 Å². The Labute approximate surface area is 92.5 Å². The molecule has 0 fully saturated rings. The van der Waals surface area contributed by atoms with Gasteiger partial charge in [0.05, 0.1) is 0 Å². The molecule has 0 saturated carbocycles. The summed E-state index contributed by atoms with van der Waals surface area (Å²) >= 11 is 6.10. The van der Waals surface area contributed by atoms with Crippen molar-refractivity contribution in [2.45, 2.75) is 6.92 Å². The maximum atomic E-state index is 11.1. The fraction of sp³-hybridized carbons (Fsp3) is 0.0833. The zero-order valence-electron chi connectivity index (χ0n) is 8.25. The highest BCUT2D eigenvalue weighted by Gasteiger charge is 2.03. The van der Waals surface area contributed by atoms with Crippen LogP contribution in [0.3, 0.4) is 0 Å². The number of aryl methyl sites for hydroxylation is 1. The molecule has 0 radical (unpaired) electrons. The molecule has 2 rings (SSSR count). The van der Waals surface area contributed by atoms with Gasteiger partial charge in [-0.2, -0.15) is 0 Å². The lowest BCUT2D eigenvalue weighted by molar-refractivity contribution is 1.24. The molecule has 1 heterocycles. The second-order valence-electron chi connectivity index (χ2n) is 3.42. The van der Waals surface area contributed by atoms with Crippen LogP contribution in [0.2, 0.25) is 5.02 Å². The molecule has 1 N–H and O–H groups in total. The molecule has 0 atom stereocenters. The molecule has 0 aliphatic rings. The van der Waals surface area contributed by atoms with Crippen LogP contribution in [-0.2, 0) is 0 Å². The first-order chi connectivity index (χ1) is 7.16. The first-order valence-electron chi connectivity index (χ1n) is 4.62. The molecule has 0 amide bonds. The summed E-state index contributed by atoms with van der Waals surface area (Å²) in [6.45, 7) is 1.98. The molecule has 0 unspecified atom stereocenters. The first-order valence-corrected chi connectivity index (χ1v) is 5.00. The van der Waals surface area contributed by atoms with Gasteiger partial charge in [0.2, 0.25) is 5.56 Å². The van der Waals surface area contributed by atoms with E-state index in [-0.39, 0.29) is 5.56 Å². The number of H-pyrrole nitrogens is 1. The van der Waals surface area contributed by atoms with Gasteiger partial charge in [0.15, 0.2) is 0 Å². The number of nitrogens with one attached hydrogen (secondary N) is 1. The number of halogens is 1. The molecule has 0 spiro atoms. The monoisotopic (exact) mass is 219 g/mol. The summed E-state index contributed by atoms with van der Waals surface area (Å²) in [6.07, 6.45) is 1.62. The van der Waals surface area contributed by atoms with Gasteiger partial charge in [-0.3, -0.25) is 4.79 Å². The average Bonchev–Trinajstić information content (AvgIpc) is 2.17. The molecule has 0 saturated heterocycles. The molecule has 76 valence electrons. The minimum Gasteiger partial charge on any atom is -0.329 e. The van der Waals surface area contributed by atoms with Crippen LogP contribution >= 0.6 is 11.6 Å². The van der Waals surface area contributed by atoms with E-state index in [1.54, 1.807) is 6.20 Å². The molecule has 0 aliphatic carbocycles. The maximum absolute atomic E-state index is 11.1. The highest BCUT2D eigenvalue weighted by molar-refractivity contribution is 6.33. The van der Waals surface area contributed by atoms with Crippen molar-refractivity contribution in [3.63, 3.8) is 0 Å². The van der Waals surface area contributed by atoms with E-state index < -0.39 is 0 Å². The number of aromatic amines is 1. The third kappa shape index (κ3) is 2.10. The minimum absolute atomic E-state index is 0.121. The molecular weight excluding hydrogens is 210 g/mol. The molecule has 1 aromatic heterocycles. The van der Waals surface area contributed by atoms with Gasteiger partial charge >= 0.3 is 0 Å². The van der Waals surface area contributed by atoms with Crippen molar-refractivity contribution in [1.82, 2.24) is 4.98 Å². The lowest BCUT2D eigenvalue weighted by Crippen LogP contribution is -2.02. The van der Waals surface area contributed by atoms with Crippen molar-refractivity contribution in [2.75, 3.05) is 0 Å². The second kappa shape index (κ2) is 3.91. The van der Waals surface area contributed by atoms with Gasteiger partial charge in [0.25, 0.3) is 0 Å². The average molecular weight is 220 g/mol. The van der Waals surface area contributed by atoms with Crippen LogP contribution in [0.4, 0.5) is 0 Å². The Bertz CT molecular complexity index is 545. The highest BCUT2D eigenvalue weighted by Crippen LogP contribution is 2.27. The number of hydrogen-bond donors (Lipinski definition) is 1. The van der Waals surface area contributed by atoms with Gasteiger partial charge in [-0.15, -0.1) is 0 Å². The van der Waals surface area contributed by atoms with Crippen molar-refractivity contribution in [1.29, 1.82) is 0 Å². The largest absolute Gasteiger partial charge is 0.329 e. The Morgan fingerprint density at radius 3 is 2.67 bits per heavy atom. The van der Waals surface area contributed by atoms with Crippen molar-refractivity contribution < 1.29 is 0 Å². The zero-order chi connectivity index (χ0) is 10.8. The molecule has 1 aromatic carbocycles. The van der Waals surface area contributed by atoms with Crippen LogP contribution in [0.25, 0.3) is 11.1 Å². The quantitative estimate of drug-likeness (QED) is 0.786. The Balaban J connectivity index is 2.59. The third-order valence-electron chi connectivity index (χ3n) is 2.21. The van der Waals surface area contributed by atoms with Crippen molar-refractivity contribution in [3.8, 4) is 11.1 Å². The van der Waals surface area contributed by atoms with E-state index in [1.165, 1.54) is 6.07 Å².